The van der Waals surface area contributed by atoms with Crippen LogP contribution in [0.1, 0.15) is 31.8 Å². The number of aryl methyl sites for hydroxylation is 2. The van der Waals surface area contributed by atoms with Gasteiger partial charge in [-0.05, 0) is 68.8 Å². The highest BCUT2D eigenvalue weighted by Gasteiger charge is 2.36. The van der Waals surface area contributed by atoms with Crippen molar-refractivity contribution < 1.29 is 9.59 Å². The predicted molar refractivity (Wildman–Crippen MR) is 138 cm³/mol. The molecule has 6 rings (SSSR count). The molecule has 34 heavy (non-hydrogen) atoms. The summed E-state index contributed by atoms with van der Waals surface area (Å²) in [6, 6.07) is 29.3. The van der Waals surface area contributed by atoms with E-state index in [2.05, 4.69) is 67.6 Å². The van der Waals surface area contributed by atoms with Gasteiger partial charge in [-0.3, -0.25) is 14.5 Å². The predicted octanol–water partition coefficient (Wildman–Crippen LogP) is 7.17. The highest BCUT2D eigenvalue weighted by molar-refractivity contribution is 6.25. The fourth-order valence-corrected chi connectivity index (χ4v) is 5.31. The van der Waals surface area contributed by atoms with Crippen molar-refractivity contribution in [1.29, 1.82) is 0 Å². The lowest BCUT2D eigenvalue weighted by Crippen LogP contribution is -2.24. The number of hydrogen-bond acceptors (Lipinski definition) is 2. The highest BCUT2D eigenvalue weighted by Crippen LogP contribution is 2.41. The molecular weight excluding hydrogens is 418 g/mol. The third-order valence-electron chi connectivity index (χ3n) is 7.10. The van der Waals surface area contributed by atoms with Crippen LogP contribution in [-0.2, 0) is 0 Å². The van der Waals surface area contributed by atoms with Crippen LogP contribution in [0.4, 0.5) is 0 Å². The molecule has 0 saturated heterocycles. The van der Waals surface area contributed by atoms with Gasteiger partial charge < -0.3 is 0 Å². The van der Waals surface area contributed by atoms with Gasteiger partial charge in [-0.2, -0.15) is 0 Å². The van der Waals surface area contributed by atoms with Crippen molar-refractivity contribution in [2.24, 2.45) is 0 Å². The van der Waals surface area contributed by atoms with Crippen molar-refractivity contribution >= 4 is 33.4 Å². The first-order valence-electron chi connectivity index (χ1n) is 11.4. The zero-order valence-electron chi connectivity index (χ0n) is 19.3. The second-order valence-corrected chi connectivity index (χ2v) is 9.03. The number of nitrogens with zero attached hydrogens (tertiary/aromatic N) is 1. The molecule has 5 aromatic carbocycles. The van der Waals surface area contributed by atoms with Crippen LogP contribution in [0.2, 0.25) is 0 Å². The number of amides is 2. The summed E-state index contributed by atoms with van der Waals surface area (Å²) in [5.74, 6) is -0.470. The number of fused-ring (bicyclic) bond motifs is 3. The number of imide groups is 1. The first kappa shape index (κ1) is 20.4. The lowest BCUT2D eigenvalue weighted by molar-refractivity contribution is 0.0693. The second kappa shape index (κ2) is 7.39. The molecule has 164 valence electrons. The molecule has 0 fully saturated rings. The Bertz CT molecular complexity index is 1680. The van der Waals surface area contributed by atoms with Gasteiger partial charge in [0.25, 0.3) is 11.8 Å². The van der Waals surface area contributed by atoms with Crippen molar-refractivity contribution in [3.05, 3.63) is 107 Å². The SMILES string of the molecule is Cc1ccc(-c2ccc(-c3ccc(C)c4ccccc34)c3ccccc23)c2c1C(=O)N(C)C2=O. The third kappa shape index (κ3) is 2.77. The minimum Gasteiger partial charge on any atom is -0.277 e. The monoisotopic (exact) mass is 441 g/mol. The highest BCUT2D eigenvalue weighted by atomic mass is 16.2. The molecule has 1 aliphatic heterocycles. The van der Waals surface area contributed by atoms with E-state index in [1.54, 1.807) is 7.05 Å². The Kier molecular flexibility index (Phi) is 4.43. The van der Waals surface area contributed by atoms with Crippen molar-refractivity contribution in [2.75, 3.05) is 7.05 Å². The fraction of sp³-hybridized carbons (Fsp3) is 0.0968. The average Bonchev–Trinajstić information content (AvgIpc) is 3.09. The molecule has 1 aliphatic rings. The van der Waals surface area contributed by atoms with Crippen LogP contribution in [0.25, 0.3) is 43.8 Å². The lowest BCUT2D eigenvalue weighted by atomic mass is 9.87. The van der Waals surface area contributed by atoms with Gasteiger partial charge in [0.15, 0.2) is 0 Å². The van der Waals surface area contributed by atoms with Gasteiger partial charge in [0.2, 0.25) is 0 Å². The first-order valence-corrected chi connectivity index (χ1v) is 11.4. The summed E-state index contributed by atoms with van der Waals surface area (Å²) in [6.07, 6.45) is 0. The maximum Gasteiger partial charge on any atom is 0.261 e. The van der Waals surface area contributed by atoms with Crippen LogP contribution in [-0.4, -0.2) is 23.8 Å². The van der Waals surface area contributed by atoms with Crippen LogP contribution in [0.5, 0.6) is 0 Å². The Labute approximate surface area is 198 Å². The number of benzene rings is 5. The summed E-state index contributed by atoms with van der Waals surface area (Å²) in [5.41, 5.74) is 7.20. The van der Waals surface area contributed by atoms with E-state index in [1.807, 2.05) is 31.2 Å². The van der Waals surface area contributed by atoms with Gasteiger partial charge in [0.05, 0.1) is 11.1 Å². The van der Waals surface area contributed by atoms with Gasteiger partial charge >= 0.3 is 0 Å². The van der Waals surface area contributed by atoms with E-state index in [1.165, 1.54) is 26.8 Å². The number of carbonyl (C=O) groups is 2. The Morgan fingerprint density at radius 3 is 1.50 bits per heavy atom. The Balaban J connectivity index is 1.65. The molecule has 3 nitrogen and oxygen atoms in total. The van der Waals surface area contributed by atoms with Gasteiger partial charge in [-0.25, -0.2) is 0 Å². The van der Waals surface area contributed by atoms with Crippen LogP contribution in [0.3, 0.4) is 0 Å². The zero-order chi connectivity index (χ0) is 23.6. The number of hydrogen-bond donors (Lipinski definition) is 0. The molecule has 0 N–H and O–H groups in total. The van der Waals surface area contributed by atoms with Crippen LogP contribution < -0.4 is 0 Å². The van der Waals surface area contributed by atoms with E-state index >= 15 is 0 Å². The average molecular weight is 442 g/mol. The molecule has 5 aromatic rings. The summed E-state index contributed by atoms with van der Waals surface area (Å²) in [5, 5.41) is 4.65. The standard InChI is InChI=1S/C31H23NO2/c1-18-12-14-24(21-9-5-4-8-20(18)21)25-16-17-26(23-11-7-6-10-22(23)25)27-15-13-19(2)28-29(27)31(34)32(3)30(28)33/h4-17H,1-3H3. The molecule has 0 radical (unpaired) electrons. The molecule has 0 saturated carbocycles. The topological polar surface area (TPSA) is 37.4 Å². The Morgan fingerprint density at radius 2 is 0.882 bits per heavy atom. The molecule has 0 bridgehead atoms. The summed E-state index contributed by atoms with van der Waals surface area (Å²) < 4.78 is 0. The summed E-state index contributed by atoms with van der Waals surface area (Å²) in [6.45, 7) is 4.03. The van der Waals surface area contributed by atoms with Crippen molar-refractivity contribution in [2.45, 2.75) is 13.8 Å². The van der Waals surface area contributed by atoms with Crippen molar-refractivity contribution in [3.63, 3.8) is 0 Å². The summed E-state index contributed by atoms with van der Waals surface area (Å²) >= 11 is 0. The lowest BCUT2D eigenvalue weighted by Gasteiger charge is -2.16. The van der Waals surface area contributed by atoms with E-state index in [-0.39, 0.29) is 11.8 Å². The molecule has 0 aliphatic carbocycles. The Hall–Kier alpha value is -4.24. The molecule has 0 spiro atoms. The summed E-state index contributed by atoms with van der Waals surface area (Å²) in [7, 11) is 1.55. The van der Waals surface area contributed by atoms with Gasteiger partial charge in [0, 0.05) is 7.05 Å². The maximum absolute atomic E-state index is 13.1. The molecule has 3 heteroatoms. The molecule has 2 amide bonds. The Morgan fingerprint density at radius 1 is 0.471 bits per heavy atom. The van der Waals surface area contributed by atoms with Gasteiger partial charge in [-0.1, -0.05) is 84.9 Å². The largest absolute Gasteiger partial charge is 0.277 e. The smallest absolute Gasteiger partial charge is 0.261 e. The van der Waals surface area contributed by atoms with Gasteiger partial charge in [0.1, 0.15) is 0 Å². The van der Waals surface area contributed by atoms with E-state index in [4.69, 9.17) is 0 Å². The third-order valence-corrected chi connectivity index (χ3v) is 7.10. The van der Waals surface area contributed by atoms with E-state index in [0.29, 0.717) is 11.1 Å². The van der Waals surface area contributed by atoms with E-state index < -0.39 is 0 Å². The van der Waals surface area contributed by atoms with Gasteiger partial charge in [-0.15, -0.1) is 0 Å². The zero-order valence-corrected chi connectivity index (χ0v) is 19.3. The minimum atomic E-state index is -0.239. The normalized spacial score (nSPS) is 13.2. The quantitative estimate of drug-likeness (QED) is 0.272. The van der Waals surface area contributed by atoms with E-state index in [0.717, 1.165) is 33.0 Å². The summed E-state index contributed by atoms with van der Waals surface area (Å²) in [4.78, 5) is 27.1. The molecule has 0 aromatic heterocycles. The second-order valence-electron chi connectivity index (χ2n) is 9.03. The molecule has 0 atom stereocenters. The van der Waals surface area contributed by atoms with E-state index in [9.17, 15) is 9.59 Å². The van der Waals surface area contributed by atoms with Crippen LogP contribution in [0.15, 0.2) is 84.9 Å². The number of carbonyl (C=O) groups excluding carboxylic acids is 2. The maximum atomic E-state index is 13.1. The molecule has 1 heterocycles. The molecular formula is C31H23NO2. The van der Waals surface area contributed by atoms with Crippen LogP contribution >= 0.6 is 0 Å². The molecule has 0 unspecified atom stereocenters. The fourth-order valence-electron chi connectivity index (χ4n) is 5.31. The van der Waals surface area contributed by atoms with Crippen molar-refractivity contribution in [1.82, 2.24) is 4.90 Å². The minimum absolute atomic E-state index is 0.230. The number of rotatable bonds is 2. The van der Waals surface area contributed by atoms with Crippen molar-refractivity contribution in [3.8, 4) is 22.3 Å². The van der Waals surface area contributed by atoms with Crippen LogP contribution in [0, 0.1) is 13.8 Å². The first-order chi connectivity index (χ1) is 16.5.